The quantitative estimate of drug-likeness (QED) is 0.809. The molecule has 1 aliphatic heterocycles. The molecule has 0 aromatic carbocycles. The van der Waals surface area contributed by atoms with Crippen molar-refractivity contribution in [1.82, 2.24) is 4.98 Å². The van der Waals surface area contributed by atoms with Gasteiger partial charge in [0.15, 0.2) is 0 Å². The first-order chi connectivity index (χ1) is 7.74. The molecule has 0 amide bonds. The van der Waals surface area contributed by atoms with Crippen molar-refractivity contribution in [3.05, 3.63) is 16.1 Å². The Balaban J connectivity index is 1.88. The molecule has 0 saturated carbocycles. The van der Waals surface area contributed by atoms with Gasteiger partial charge in [-0.15, -0.1) is 11.3 Å². The summed E-state index contributed by atoms with van der Waals surface area (Å²) in [5, 5.41) is 1.17. The molecule has 0 unspecified atom stereocenters. The molecule has 0 atom stereocenters. The van der Waals surface area contributed by atoms with Gasteiger partial charge in [-0.1, -0.05) is 0 Å². The Morgan fingerprint density at radius 2 is 2.31 bits per heavy atom. The molecule has 1 fully saturated rings. The Morgan fingerprint density at radius 3 is 3.00 bits per heavy atom. The van der Waals surface area contributed by atoms with Crippen molar-refractivity contribution >= 4 is 17.1 Å². The average molecular weight is 239 g/mol. The van der Waals surface area contributed by atoms with Crippen molar-refractivity contribution in [2.45, 2.75) is 32.6 Å². The van der Waals surface area contributed by atoms with E-state index in [2.05, 4.69) is 4.98 Å². The second-order valence-corrected chi connectivity index (χ2v) is 5.56. The second kappa shape index (κ2) is 5.55. The van der Waals surface area contributed by atoms with Gasteiger partial charge in [-0.3, -0.25) is 4.79 Å². The zero-order valence-corrected chi connectivity index (χ0v) is 10.4. The van der Waals surface area contributed by atoms with Crippen molar-refractivity contribution in [1.29, 1.82) is 0 Å². The van der Waals surface area contributed by atoms with Crippen molar-refractivity contribution in [3.8, 4) is 0 Å². The summed E-state index contributed by atoms with van der Waals surface area (Å²) < 4.78 is 5.33. The number of thiazole rings is 1. The Hall–Kier alpha value is -0.740. The Kier molecular flexibility index (Phi) is 4.07. The summed E-state index contributed by atoms with van der Waals surface area (Å²) in [4.78, 5) is 16.5. The molecule has 0 radical (unpaired) electrons. The van der Waals surface area contributed by atoms with Crippen molar-refractivity contribution < 1.29 is 9.53 Å². The second-order valence-electron chi connectivity index (χ2n) is 4.36. The number of carbonyl (C=O) groups excluding carboxylic acids is 1. The van der Waals surface area contributed by atoms with Crippen molar-refractivity contribution in [3.63, 3.8) is 0 Å². The molecule has 88 valence electrons. The number of carbonyl (C=O) groups is 1. The van der Waals surface area contributed by atoms with E-state index in [4.69, 9.17) is 4.74 Å². The Labute approximate surface area is 99.8 Å². The lowest BCUT2D eigenvalue weighted by molar-refractivity contribution is -0.116. The predicted octanol–water partition coefficient (Wildman–Crippen LogP) is 2.24. The fourth-order valence-corrected chi connectivity index (χ4v) is 3.07. The molecule has 0 aliphatic carbocycles. The highest BCUT2D eigenvalue weighted by Crippen LogP contribution is 2.23. The Bertz CT molecular complexity index is 356. The zero-order valence-electron chi connectivity index (χ0n) is 9.57. The lowest BCUT2D eigenvalue weighted by Gasteiger charge is -2.20. The van der Waals surface area contributed by atoms with Gasteiger partial charge >= 0.3 is 0 Å². The molecule has 0 bridgehead atoms. The van der Waals surface area contributed by atoms with E-state index in [9.17, 15) is 4.79 Å². The Morgan fingerprint density at radius 1 is 1.56 bits per heavy atom. The molecule has 0 N–H and O–H groups in total. The maximum absolute atomic E-state index is 11.0. The molecular formula is C12H17NO2S. The highest BCUT2D eigenvalue weighted by atomic mass is 32.1. The smallest absolute Gasteiger partial charge is 0.135 e. The molecule has 1 aromatic heterocycles. The normalized spacial score (nSPS) is 17.6. The number of ketones is 1. The van der Waals surface area contributed by atoms with Crippen LogP contribution in [0.25, 0.3) is 0 Å². The first-order valence-corrected chi connectivity index (χ1v) is 6.56. The lowest BCUT2D eigenvalue weighted by atomic mass is 9.97. The van der Waals surface area contributed by atoms with Crippen LogP contribution in [0.4, 0.5) is 0 Å². The first kappa shape index (κ1) is 11.7. The van der Waals surface area contributed by atoms with Gasteiger partial charge in [-0.25, -0.2) is 4.98 Å². The van der Waals surface area contributed by atoms with Gasteiger partial charge in [0.05, 0.1) is 5.01 Å². The molecule has 1 saturated heterocycles. The van der Waals surface area contributed by atoms with Gasteiger partial charge in [0, 0.05) is 37.1 Å². The molecule has 3 nitrogen and oxygen atoms in total. The summed E-state index contributed by atoms with van der Waals surface area (Å²) in [6.07, 6.45) is 5.71. The fourth-order valence-electron chi connectivity index (χ4n) is 1.97. The largest absolute Gasteiger partial charge is 0.381 e. The van der Waals surface area contributed by atoms with Crippen LogP contribution in [0.3, 0.4) is 0 Å². The van der Waals surface area contributed by atoms with Crippen LogP contribution < -0.4 is 0 Å². The van der Waals surface area contributed by atoms with Crippen LogP contribution in [0.2, 0.25) is 0 Å². The van der Waals surface area contributed by atoms with Crippen LogP contribution in [0.1, 0.15) is 29.7 Å². The van der Waals surface area contributed by atoms with Gasteiger partial charge in [0.25, 0.3) is 0 Å². The third-order valence-electron chi connectivity index (χ3n) is 2.83. The van der Waals surface area contributed by atoms with E-state index in [1.54, 1.807) is 18.3 Å². The molecular weight excluding hydrogens is 222 g/mol. The molecule has 2 rings (SSSR count). The van der Waals surface area contributed by atoms with E-state index >= 15 is 0 Å². The molecule has 1 aliphatic rings. The van der Waals surface area contributed by atoms with Gasteiger partial charge in [-0.2, -0.15) is 0 Å². The molecule has 0 spiro atoms. The van der Waals surface area contributed by atoms with Crippen LogP contribution in [0.5, 0.6) is 0 Å². The van der Waals surface area contributed by atoms with Crippen LogP contribution >= 0.6 is 11.3 Å². The highest BCUT2D eigenvalue weighted by molar-refractivity contribution is 7.11. The maximum atomic E-state index is 11.0. The maximum Gasteiger partial charge on any atom is 0.135 e. The topological polar surface area (TPSA) is 39.2 Å². The van der Waals surface area contributed by atoms with E-state index in [-0.39, 0.29) is 5.78 Å². The standard InChI is InChI=1S/C12H17NO2S/c1-9(14)6-11-8-13-12(16-11)7-10-2-4-15-5-3-10/h8,10H,2-7H2,1H3. The van der Waals surface area contributed by atoms with Crippen LogP contribution in [-0.4, -0.2) is 24.0 Å². The SMILES string of the molecule is CC(=O)Cc1cnc(CC2CCOCC2)s1. The fraction of sp³-hybridized carbons (Fsp3) is 0.667. The molecule has 16 heavy (non-hydrogen) atoms. The minimum atomic E-state index is 0.210. The van der Waals surface area contributed by atoms with E-state index < -0.39 is 0 Å². The third kappa shape index (κ3) is 3.39. The number of rotatable bonds is 4. The highest BCUT2D eigenvalue weighted by Gasteiger charge is 2.16. The summed E-state index contributed by atoms with van der Waals surface area (Å²) in [6, 6.07) is 0. The third-order valence-corrected chi connectivity index (χ3v) is 3.85. The predicted molar refractivity (Wildman–Crippen MR) is 63.7 cm³/mol. The molecule has 1 aromatic rings. The minimum absolute atomic E-state index is 0.210. The van der Waals surface area contributed by atoms with E-state index in [1.165, 1.54) is 5.01 Å². The van der Waals surface area contributed by atoms with Crippen molar-refractivity contribution in [2.24, 2.45) is 5.92 Å². The summed E-state index contributed by atoms with van der Waals surface area (Å²) in [5.41, 5.74) is 0. The molecule has 2 heterocycles. The first-order valence-electron chi connectivity index (χ1n) is 5.75. The van der Waals surface area contributed by atoms with Crippen LogP contribution in [0.15, 0.2) is 6.20 Å². The van der Waals surface area contributed by atoms with E-state index in [0.29, 0.717) is 12.3 Å². The van der Waals surface area contributed by atoms with Gasteiger partial charge in [-0.05, 0) is 25.7 Å². The van der Waals surface area contributed by atoms with Gasteiger partial charge in [0.2, 0.25) is 0 Å². The van der Waals surface area contributed by atoms with Gasteiger partial charge in [0.1, 0.15) is 5.78 Å². The monoisotopic (exact) mass is 239 g/mol. The van der Waals surface area contributed by atoms with Gasteiger partial charge < -0.3 is 4.74 Å². The minimum Gasteiger partial charge on any atom is -0.381 e. The number of hydrogen-bond donors (Lipinski definition) is 0. The summed E-state index contributed by atoms with van der Waals surface area (Å²) in [7, 11) is 0. The average Bonchev–Trinajstić information content (AvgIpc) is 2.66. The number of hydrogen-bond acceptors (Lipinski definition) is 4. The lowest BCUT2D eigenvalue weighted by Crippen LogP contribution is -2.17. The number of Topliss-reactive ketones (excluding diaryl/α,β-unsaturated/α-hetero) is 1. The van der Waals surface area contributed by atoms with Crippen molar-refractivity contribution in [2.75, 3.05) is 13.2 Å². The number of ether oxygens (including phenoxy) is 1. The zero-order chi connectivity index (χ0) is 11.4. The number of nitrogens with zero attached hydrogens (tertiary/aromatic N) is 1. The summed E-state index contributed by atoms with van der Waals surface area (Å²) in [5.74, 6) is 0.923. The number of aromatic nitrogens is 1. The summed E-state index contributed by atoms with van der Waals surface area (Å²) in [6.45, 7) is 3.39. The molecule has 4 heteroatoms. The van der Waals surface area contributed by atoms with E-state index in [0.717, 1.165) is 37.4 Å². The van der Waals surface area contributed by atoms with Crippen LogP contribution in [-0.2, 0) is 22.4 Å². The van der Waals surface area contributed by atoms with Crippen LogP contribution in [0, 0.1) is 5.92 Å². The summed E-state index contributed by atoms with van der Waals surface area (Å²) >= 11 is 1.68. The van der Waals surface area contributed by atoms with E-state index in [1.807, 2.05) is 6.20 Å².